The molecule has 0 bridgehead atoms. The van der Waals surface area contributed by atoms with E-state index < -0.39 is 6.04 Å². The van der Waals surface area contributed by atoms with Crippen molar-refractivity contribution in [1.82, 2.24) is 9.55 Å². The van der Waals surface area contributed by atoms with Gasteiger partial charge in [-0.2, -0.15) is 0 Å². The minimum atomic E-state index is -0.559. The fourth-order valence-corrected chi connectivity index (χ4v) is 3.05. The van der Waals surface area contributed by atoms with E-state index in [1.165, 1.54) is 17.2 Å². The van der Waals surface area contributed by atoms with Crippen LogP contribution in [0.1, 0.15) is 30.3 Å². The van der Waals surface area contributed by atoms with Gasteiger partial charge in [-0.15, -0.1) is 0 Å². The minimum Gasteiger partial charge on any atom is -0.467 e. The molecule has 24 heavy (non-hydrogen) atoms. The highest BCUT2D eigenvalue weighted by Gasteiger charge is 2.31. The maximum atomic E-state index is 12.6. The Bertz CT molecular complexity index is 771. The molecular weight excluding hydrogens is 306 g/mol. The van der Waals surface area contributed by atoms with Gasteiger partial charge in [0.15, 0.2) is 0 Å². The first-order valence-electron chi connectivity index (χ1n) is 8.16. The van der Waals surface area contributed by atoms with E-state index >= 15 is 0 Å². The third kappa shape index (κ3) is 3.32. The van der Waals surface area contributed by atoms with E-state index in [2.05, 4.69) is 22.4 Å². The molecule has 1 aromatic heterocycles. The lowest BCUT2D eigenvalue weighted by molar-refractivity contribution is -0.144. The lowest BCUT2D eigenvalue weighted by Crippen LogP contribution is -2.31. The molecule has 2 aromatic rings. The molecule has 6 heteroatoms. The first-order valence-corrected chi connectivity index (χ1v) is 8.16. The van der Waals surface area contributed by atoms with Gasteiger partial charge in [0, 0.05) is 13.0 Å². The summed E-state index contributed by atoms with van der Waals surface area (Å²) in [4.78, 5) is 28.8. The quantitative estimate of drug-likeness (QED) is 0.648. The predicted molar refractivity (Wildman–Crippen MR) is 91.1 cm³/mol. The van der Waals surface area contributed by atoms with Crippen LogP contribution in [-0.4, -0.2) is 29.2 Å². The smallest absolute Gasteiger partial charge is 0.329 e. The number of benzene rings is 1. The first-order chi connectivity index (χ1) is 11.7. The highest BCUT2D eigenvalue weighted by molar-refractivity contribution is 5.74. The molecule has 1 N–H and O–H groups in total. The van der Waals surface area contributed by atoms with Gasteiger partial charge in [0.25, 0.3) is 5.56 Å². The topological polar surface area (TPSA) is 73.2 Å². The van der Waals surface area contributed by atoms with Crippen molar-refractivity contribution in [1.29, 1.82) is 0 Å². The van der Waals surface area contributed by atoms with Crippen LogP contribution in [0.4, 0.5) is 5.69 Å². The van der Waals surface area contributed by atoms with Crippen molar-refractivity contribution in [2.24, 2.45) is 0 Å². The second kappa shape index (κ2) is 7.29. The Balaban J connectivity index is 1.65. The number of rotatable bonds is 6. The summed E-state index contributed by atoms with van der Waals surface area (Å²) in [7, 11) is 1.34. The van der Waals surface area contributed by atoms with Crippen LogP contribution >= 0.6 is 0 Å². The first kappa shape index (κ1) is 16.2. The van der Waals surface area contributed by atoms with Crippen LogP contribution in [0.5, 0.6) is 0 Å². The van der Waals surface area contributed by atoms with E-state index in [9.17, 15) is 9.59 Å². The van der Waals surface area contributed by atoms with Crippen LogP contribution in [0.25, 0.3) is 0 Å². The monoisotopic (exact) mass is 327 g/mol. The maximum absolute atomic E-state index is 12.6. The molecule has 0 fully saturated rings. The summed E-state index contributed by atoms with van der Waals surface area (Å²) in [5, 5.41) is 3.14. The largest absolute Gasteiger partial charge is 0.467 e. The van der Waals surface area contributed by atoms with E-state index in [0.717, 1.165) is 12.8 Å². The lowest BCUT2D eigenvalue weighted by Gasteiger charge is -2.13. The number of nitrogens with zero attached hydrogens (tertiary/aromatic N) is 2. The van der Waals surface area contributed by atoms with Crippen molar-refractivity contribution in [2.45, 2.75) is 31.7 Å². The van der Waals surface area contributed by atoms with Crippen molar-refractivity contribution in [3.8, 4) is 0 Å². The van der Waals surface area contributed by atoms with Crippen molar-refractivity contribution in [3.63, 3.8) is 0 Å². The van der Waals surface area contributed by atoms with Crippen molar-refractivity contribution in [3.05, 3.63) is 58.3 Å². The van der Waals surface area contributed by atoms with Crippen LogP contribution < -0.4 is 10.9 Å². The molecule has 0 saturated heterocycles. The Kier molecular flexibility index (Phi) is 4.93. The molecule has 3 rings (SSSR count). The number of anilines is 1. The number of hydrogen-bond acceptors (Lipinski definition) is 5. The molecule has 1 aromatic carbocycles. The zero-order chi connectivity index (χ0) is 16.9. The number of nitrogens with one attached hydrogen (secondary N) is 1. The summed E-state index contributed by atoms with van der Waals surface area (Å²) in [5.74, 6) is 0.254. The molecule has 1 aliphatic heterocycles. The highest BCUT2D eigenvalue weighted by atomic mass is 16.5. The zero-order valence-electron chi connectivity index (χ0n) is 13.7. The lowest BCUT2D eigenvalue weighted by atomic mass is 10.1. The number of methoxy groups -OCH3 is 1. The van der Waals surface area contributed by atoms with Gasteiger partial charge in [-0.3, -0.25) is 9.36 Å². The molecule has 1 aliphatic rings. The second-order valence-corrected chi connectivity index (χ2v) is 5.86. The number of carbonyl (C=O) groups is 1. The number of ether oxygens (including phenoxy) is 1. The van der Waals surface area contributed by atoms with Crippen LogP contribution in [0.15, 0.2) is 41.3 Å². The molecule has 6 nitrogen and oxygen atoms in total. The fourth-order valence-electron chi connectivity index (χ4n) is 3.05. The number of hydrogen-bond donors (Lipinski definition) is 1. The number of fused-ring (bicyclic) bond motifs is 1. The summed E-state index contributed by atoms with van der Waals surface area (Å²) < 4.78 is 6.25. The second-order valence-electron chi connectivity index (χ2n) is 5.86. The number of carbonyl (C=O) groups excluding carboxylic acids is 1. The van der Waals surface area contributed by atoms with E-state index in [1.807, 2.05) is 18.2 Å². The van der Waals surface area contributed by atoms with Crippen molar-refractivity contribution < 1.29 is 9.53 Å². The Hall–Kier alpha value is -2.63. The average Bonchev–Trinajstić information content (AvgIpc) is 3.05. The van der Waals surface area contributed by atoms with Crippen LogP contribution in [-0.2, 0) is 22.4 Å². The van der Waals surface area contributed by atoms with Crippen molar-refractivity contribution in [2.75, 3.05) is 19.0 Å². The summed E-state index contributed by atoms with van der Waals surface area (Å²) in [5.41, 5.74) is 1.50. The molecule has 1 atom stereocenters. The molecule has 0 amide bonds. The fraction of sp³-hybridized carbons (Fsp3) is 0.389. The van der Waals surface area contributed by atoms with Crippen LogP contribution in [0, 0.1) is 0 Å². The van der Waals surface area contributed by atoms with E-state index in [-0.39, 0.29) is 11.5 Å². The molecule has 0 spiro atoms. The normalized spacial score (nSPS) is 15.8. The maximum Gasteiger partial charge on any atom is 0.329 e. The third-order valence-corrected chi connectivity index (χ3v) is 4.30. The van der Waals surface area contributed by atoms with Gasteiger partial charge < -0.3 is 10.1 Å². The third-order valence-electron chi connectivity index (χ3n) is 4.30. The standard InChI is InChI=1S/C18H21N3O3/c1-24-18(23)15-9-10-16-20-12-14(17(22)21(15)16)19-11-5-8-13-6-3-2-4-7-13/h2-4,6-7,12,15,19H,5,8-11H2,1H3/t15-/m0/s1. The average molecular weight is 327 g/mol. The number of aryl methyl sites for hydroxylation is 2. The zero-order valence-corrected chi connectivity index (χ0v) is 13.7. The molecule has 0 radical (unpaired) electrons. The summed E-state index contributed by atoms with van der Waals surface area (Å²) in [6, 6.07) is 9.66. The molecule has 0 aliphatic carbocycles. The Morgan fingerprint density at radius 3 is 2.92 bits per heavy atom. The van der Waals surface area contributed by atoms with Gasteiger partial charge in [-0.05, 0) is 24.8 Å². The SMILES string of the molecule is COC(=O)[C@@H]1CCc2ncc(NCCCc3ccccc3)c(=O)n21. The Morgan fingerprint density at radius 1 is 1.38 bits per heavy atom. The Labute approximate surface area is 140 Å². The van der Waals surface area contributed by atoms with E-state index in [4.69, 9.17) is 4.74 Å². The molecule has 0 unspecified atom stereocenters. The van der Waals surface area contributed by atoms with Crippen molar-refractivity contribution >= 4 is 11.7 Å². The molecule has 0 saturated carbocycles. The van der Waals surface area contributed by atoms with E-state index in [1.54, 1.807) is 6.20 Å². The summed E-state index contributed by atoms with van der Waals surface area (Å²) in [6.07, 6.45) is 4.59. The summed E-state index contributed by atoms with van der Waals surface area (Å²) in [6.45, 7) is 0.675. The summed E-state index contributed by atoms with van der Waals surface area (Å²) >= 11 is 0. The van der Waals surface area contributed by atoms with E-state index in [0.29, 0.717) is 30.9 Å². The Morgan fingerprint density at radius 2 is 2.17 bits per heavy atom. The van der Waals surface area contributed by atoms with Gasteiger partial charge in [-0.1, -0.05) is 30.3 Å². The van der Waals surface area contributed by atoms with Gasteiger partial charge >= 0.3 is 5.97 Å². The van der Waals surface area contributed by atoms with Crippen LogP contribution in [0.2, 0.25) is 0 Å². The van der Waals surface area contributed by atoms with Gasteiger partial charge in [0.1, 0.15) is 17.6 Å². The van der Waals surface area contributed by atoms with Crippen LogP contribution in [0.3, 0.4) is 0 Å². The molecular formula is C18H21N3O3. The number of aromatic nitrogens is 2. The predicted octanol–water partition coefficient (Wildman–Crippen LogP) is 1.95. The number of esters is 1. The molecule has 2 heterocycles. The van der Waals surface area contributed by atoms with Gasteiger partial charge in [-0.25, -0.2) is 9.78 Å². The van der Waals surface area contributed by atoms with Gasteiger partial charge in [0.05, 0.1) is 13.3 Å². The molecule has 126 valence electrons. The minimum absolute atomic E-state index is 0.201. The highest BCUT2D eigenvalue weighted by Crippen LogP contribution is 2.23. The van der Waals surface area contributed by atoms with Gasteiger partial charge in [0.2, 0.25) is 0 Å².